The van der Waals surface area contributed by atoms with E-state index in [1.54, 1.807) is 6.92 Å². The smallest absolute Gasteiger partial charge is 0.272 e. The first-order chi connectivity index (χ1) is 10.6. The van der Waals surface area contributed by atoms with E-state index in [0.29, 0.717) is 5.82 Å². The van der Waals surface area contributed by atoms with Crippen molar-refractivity contribution in [1.29, 1.82) is 0 Å². The van der Waals surface area contributed by atoms with Crippen molar-refractivity contribution in [3.05, 3.63) is 23.8 Å². The van der Waals surface area contributed by atoms with E-state index >= 15 is 0 Å². The molecule has 1 amide bonds. The van der Waals surface area contributed by atoms with Crippen LogP contribution in [0.2, 0.25) is 0 Å². The highest BCUT2D eigenvalue weighted by Gasteiger charge is 2.42. The summed E-state index contributed by atoms with van der Waals surface area (Å²) in [4.78, 5) is 21.7. The van der Waals surface area contributed by atoms with E-state index in [4.69, 9.17) is 0 Å². The van der Waals surface area contributed by atoms with Gasteiger partial charge in [0.2, 0.25) is 10.0 Å². The van der Waals surface area contributed by atoms with E-state index in [0.717, 1.165) is 6.26 Å². The number of nitrogens with zero attached hydrogens (tertiary/aromatic N) is 3. The highest BCUT2D eigenvalue weighted by molar-refractivity contribution is 7.88. The second kappa shape index (κ2) is 6.48. The lowest BCUT2D eigenvalue weighted by molar-refractivity contribution is -0.107. The summed E-state index contributed by atoms with van der Waals surface area (Å²) in [6, 6.07) is 1.48. The maximum absolute atomic E-state index is 12.4. The van der Waals surface area contributed by atoms with Crippen LogP contribution in [0, 0.1) is 6.92 Å². The largest absolute Gasteiger partial charge is 0.388 e. The summed E-state index contributed by atoms with van der Waals surface area (Å²) in [5.74, 6) is 0.0925. The first-order valence-electron chi connectivity index (χ1n) is 7.05. The van der Waals surface area contributed by atoms with Gasteiger partial charge in [-0.05, 0) is 19.4 Å². The van der Waals surface area contributed by atoms with Gasteiger partial charge in [-0.1, -0.05) is 0 Å². The van der Waals surface area contributed by atoms with Gasteiger partial charge in [-0.2, -0.15) is 0 Å². The molecule has 2 rings (SSSR count). The summed E-state index contributed by atoms with van der Waals surface area (Å²) in [6.07, 6.45) is 1.23. The zero-order valence-corrected chi connectivity index (χ0v) is 13.7. The summed E-state index contributed by atoms with van der Waals surface area (Å²) < 4.78 is 24.4. The fraction of sp³-hybridized carbons (Fsp3) is 0.615. The van der Waals surface area contributed by atoms with Crippen LogP contribution in [-0.2, 0) is 10.0 Å². The SMILES string of the molecule is Cc1nccc(C(=O)N2CC[C@@](O)(CNS(C)(=O)=O)[C@H](O)C2)n1. The summed E-state index contributed by atoms with van der Waals surface area (Å²) in [5, 5.41) is 20.5. The number of nitrogens with one attached hydrogen (secondary N) is 1. The predicted molar refractivity (Wildman–Crippen MR) is 81.1 cm³/mol. The number of hydrogen-bond donors (Lipinski definition) is 3. The molecule has 9 nitrogen and oxygen atoms in total. The number of aliphatic hydroxyl groups excluding tert-OH is 1. The minimum absolute atomic E-state index is 0.0481. The van der Waals surface area contributed by atoms with E-state index in [1.807, 2.05) is 0 Å². The Morgan fingerprint density at radius 1 is 1.57 bits per heavy atom. The molecule has 0 aromatic carbocycles. The third kappa shape index (κ3) is 4.44. The molecular formula is C13H20N4O5S. The summed E-state index contributed by atoms with van der Waals surface area (Å²) in [6.45, 7) is 1.43. The van der Waals surface area contributed by atoms with Crippen LogP contribution in [0.4, 0.5) is 0 Å². The van der Waals surface area contributed by atoms with Crippen LogP contribution >= 0.6 is 0 Å². The van der Waals surface area contributed by atoms with Crippen molar-refractivity contribution in [3.63, 3.8) is 0 Å². The van der Waals surface area contributed by atoms with E-state index in [9.17, 15) is 23.4 Å². The number of piperidine rings is 1. The average Bonchev–Trinajstić information content (AvgIpc) is 2.47. The number of aliphatic hydroxyl groups is 2. The molecule has 2 heterocycles. The average molecular weight is 344 g/mol. The number of amides is 1. The Hall–Kier alpha value is -1.62. The van der Waals surface area contributed by atoms with Crippen molar-refractivity contribution in [2.24, 2.45) is 0 Å². The van der Waals surface area contributed by atoms with Crippen LogP contribution in [0.5, 0.6) is 0 Å². The van der Waals surface area contributed by atoms with Crippen LogP contribution in [0.1, 0.15) is 22.7 Å². The second-order valence-corrected chi connectivity index (χ2v) is 7.54. The topological polar surface area (TPSA) is 133 Å². The molecule has 23 heavy (non-hydrogen) atoms. The molecule has 1 aliphatic rings. The Balaban J connectivity index is 2.04. The van der Waals surface area contributed by atoms with Gasteiger partial charge in [0.15, 0.2) is 0 Å². The zero-order chi connectivity index (χ0) is 17.3. The second-order valence-electron chi connectivity index (χ2n) is 5.70. The molecule has 1 fully saturated rings. The first kappa shape index (κ1) is 17.7. The number of carbonyl (C=O) groups is 1. The van der Waals surface area contributed by atoms with Gasteiger partial charge in [0, 0.05) is 25.8 Å². The highest BCUT2D eigenvalue weighted by atomic mass is 32.2. The summed E-state index contributed by atoms with van der Waals surface area (Å²) >= 11 is 0. The molecule has 3 N–H and O–H groups in total. The fourth-order valence-corrected chi connectivity index (χ4v) is 2.86. The number of likely N-dealkylation sites (tertiary alicyclic amines) is 1. The molecule has 2 atom stereocenters. The van der Waals surface area contributed by atoms with Gasteiger partial charge in [0.1, 0.15) is 23.2 Å². The molecule has 0 saturated carbocycles. The molecule has 128 valence electrons. The number of carbonyl (C=O) groups excluding carboxylic acids is 1. The molecule has 0 unspecified atom stereocenters. The molecule has 0 aliphatic carbocycles. The van der Waals surface area contributed by atoms with Gasteiger partial charge in [-0.25, -0.2) is 23.1 Å². The molecule has 1 aromatic rings. The molecule has 1 aromatic heterocycles. The molecule has 0 radical (unpaired) electrons. The minimum Gasteiger partial charge on any atom is -0.388 e. The fourth-order valence-electron chi connectivity index (χ4n) is 2.35. The maximum atomic E-state index is 12.4. The number of hydrogen-bond acceptors (Lipinski definition) is 7. The van der Waals surface area contributed by atoms with Crippen molar-refractivity contribution >= 4 is 15.9 Å². The van der Waals surface area contributed by atoms with E-state index in [1.165, 1.54) is 17.2 Å². The van der Waals surface area contributed by atoms with Gasteiger partial charge in [-0.15, -0.1) is 0 Å². The Bertz CT molecular complexity index is 695. The molecule has 1 aliphatic heterocycles. The third-order valence-electron chi connectivity index (χ3n) is 3.75. The lowest BCUT2D eigenvalue weighted by atomic mass is 9.88. The summed E-state index contributed by atoms with van der Waals surface area (Å²) in [5.41, 5.74) is -1.40. The van der Waals surface area contributed by atoms with Crippen LogP contribution in [0.3, 0.4) is 0 Å². The molecule has 0 bridgehead atoms. The van der Waals surface area contributed by atoms with E-state index in [-0.39, 0.29) is 37.7 Å². The normalized spacial score (nSPS) is 25.4. The zero-order valence-electron chi connectivity index (χ0n) is 12.9. The van der Waals surface area contributed by atoms with Crippen molar-refractivity contribution in [2.45, 2.75) is 25.0 Å². The van der Waals surface area contributed by atoms with Crippen molar-refractivity contribution in [1.82, 2.24) is 19.6 Å². The van der Waals surface area contributed by atoms with Crippen molar-refractivity contribution < 1.29 is 23.4 Å². The molecular weight excluding hydrogens is 324 g/mol. The van der Waals surface area contributed by atoms with Gasteiger partial charge < -0.3 is 15.1 Å². The number of rotatable bonds is 4. The monoisotopic (exact) mass is 344 g/mol. The van der Waals surface area contributed by atoms with Crippen LogP contribution in [-0.4, -0.2) is 77.0 Å². The first-order valence-corrected chi connectivity index (χ1v) is 8.94. The number of sulfonamides is 1. The number of β-amino-alcohol motifs (C(OH)–C–C–N with tert-alkyl or cyclic N) is 1. The van der Waals surface area contributed by atoms with Crippen molar-refractivity contribution in [3.8, 4) is 0 Å². The minimum atomic E-state index is -3.48. The Kier molecular flexibility index (Phi) is 4.99. The maximum Gasteiger partial charge on any atom is 0.272 e. The van der Waals surface area contributed by atoms with Gasteiger partial charge in [-0.3, -0.25) is 4.79 Å². The number of aryl methyl sites for hydroxylation is 1. The number of aromatic nitrogens is 2. The highest BCUT2D eigenvalue weighted by Crippen LogP contribution is 2.23. The van der Waals surface area contributed by atoms with Crippen LogP contribution < -0.4 is 4.72 Å². The van der Waals surface area contributed by atoms with Crippen LogP contribution in [0.15, 0.2) is 12.3 Å². The standard InChI is InChI=1S/C13H20N4O5S/c1-9-14-5-3-10(16-9)12(19)17-6-4-13(20,11(18)7-17)8-15-23(2,21)22/h3,5,11,15,18,20H,4,6-8H2,1-2H3/t11-,13-/m1/s1. The van der Waals surface area contributed by atoms with E-state index in [2.05, 4.69) is 14.7 Å². The lowest BCUT2D eigenvalue weighted by Crippen LogP contribution is -2.61. The van der Waals surface area contributed by atoms with Crippen molar-refractivity contribution in [2.75, 3.05) is 25.9 Å². The van der Waals surface area contributed by atoms with Gasteiger partial charge in [0.25, 0.3) is 5.91 Å². The Morgan fingerprint density at radius 3 is 2.83 bits per heavy atom. The molecule has 10 heteroatoms. The van der Waals surface area contributed by atoms with Crippen LogP contribution in [0.25, 0.3) is 0 Å². The summed E-state index contributed by atoms with van der Waals surface area (Å²) in [7, 11) is -3.48. The Morgan fingerprint density at radius 2 is 2.26 bits per heavy atom. The van der Waals surface area contributed by atoms with E-state index < -0.39 is 21.7 Å². The molecule has 0 spiro atoms. The molecule has 1 saturated heterocycles. The quantitative estimate of drug-likeness (QED) is 0.591. The predicted octanol–water partition coefficient (Wildman–Crippen LogP) is -1.73. The Labute approximate surface area is 134 Å². The third-order valence-corrected chi connectivity index (χ3v) is 4.42. The van der Waals surface area contributed by atoms with Gasteiger partial charge >= 0.3 is 0 Å². The van der Waals surface area contributed by atoms with Gasteiger partial charge in [0.05, 0.1) is 6.26 Å². The lowest BCUT2D eigenvalue weighted by Gasteiger charge is -2.41.